The number of carbonyl (C=O) groups is 1. The second kappa shape index (κ2) is 14.4. The number of nitrogens with two attached hydrogens (primary N) is 1. The summed E-state index contributed by atoms with van der Waals surface area (Å²) >= 11 is 0. The highest BCUT2D eigenvalue weighted by Gasteiger charge is 2.38. The van der Waals surface area contributed by atoms with Gasteiger partial charge in [-0.05, 0) is 83.5 Å². The number of carbonyl (C=O) groups excluding carboxylic acids is 1. The number of hydrogen-bond acceptors (Lipinski definition) is 5. The first kappa shape index (κ1) is 28.2. The molecule has 7 heteroatoms. The number of halogens is 2. The van der Waals surface area contributed by atoms with Crippen LogP contribution >= 0.6 is 0 Å². The molecule has 5 nitrogen and oxygen atoms in total. The average Bonchev–Trinajstić information content (AvgIpc) is 3.65. The lowest BCUT2D eigenvalue weighted by molar-refractivity contribution is -0.109. The topological polar surface area (TPSA) is 64.8 Å². The van der Waals surface area contributed by atoms with Crippen molar-refractivity contribution in [1.82, 2.24) is 4.90 Å². The van der Waals surface area contributed by atoms with E-state index >= 15 is 0 Å². The zero-order valence-corrected chi connectivity index (χ0v) is 20.7. The molecule has 2 N–H and O–H groups in total. The number of likely N-dealkylation sites (tertiary alicyclic amines) is 1. The van der Waals surface area contributed by atoms with Crippen molar-refractivity contribution in [1.29, 1.82) is 0 Å². The van der Waals surface area contributed by atoms with E-state index in [1.165, 1.54) is 38.4 Å². The van der Waals surface area contributed by atoms with Crippen LogP contribution in [0.4, 0.5) is 8.78 Å². The van der Waals surface area contributed by atoms with E-state index in [1.807, 2.05) is 0 Å². The maximum Gasteiger partial charge on any atom is 0.168 e. The third-order valence-electron chi connectivity index (χ3n) is 6.91. The molecule has 0 unspecified atom stereocenters. The van der Waals surface area contributed by atoms with Gasteiger partial charge in [0.05, 0.1) is 6.10 Å². The monoisotopic (exact) mass is 478 g/mol. The Kier molecular flexibility index (Phi) is 12.0. The number of rotatable bonds is 6. The van der Waals surface area contributed by atoms with Crippen molar-refractivity contribution in [3.63, 3.8) is 0 Å². The van der Waals surface area contributed by atoms with Crippen LogP contribution in [0.1, 0.15) is 69.3 Å². The molecule has 190 valence electrons. The molecule has 1 heterocycles. The highest BCUT2D eigenvalue weighted by molar-refractivity contribution is 5.52. The van der Waals surface area contributed by atoms with Crippen molar-refractivity contribution < 1.29 is 23.0 Å². The molecule has 2 aliphatic carbocycles. The minimum absolute atomic E-state index is 0.000586. The van der Waals surface area contributed by atoms with Crippen LogP contribution in [0.3, 0.4) is 0 Å². The Morgan fingerprint density at radius 1 is 1.18 bits per heavy atom. The molecule has 4 rings (SSSR count). The van der Waals surface area contributed by atoms with Crippen molar-refractivity contribution >= 4 is 6.29 Å². The van der Waals surface area contributed by atoms with E-state index in [1.54, 1.807) is 7.11 Å². The van der Waals surface area contributed by atoms with Gasteiger partial charge in [0.25, 0.3) is 0 Å². The van der Waals surface area contributed by atoms with Gasteiger partial charge >= 0.3 is 0 Å². The summed E-state index contributed by atoms with van der Waals surface area (Å²) < 4.78 is 37.7. The Hall–Kier alpha value is -2.01. The van der Waals surface area contributed by atoms with Gasteiger partial charge in [-0.3, -0.25) is 4.79 Å². The molecule has 0 amide bonds. The quantitative estimate of drug-likeness (QED) is 0.475. The first-order chi connectivity index (χ1) is 16.4. The van der Waals surface area contributed by atoms with Crippen molar-refractivity contribution in [2.75, 3.05) is 40.4 Å². The summed E-state index contributed by atoms with van der Waals surface area (Å²) in [5, 5.41) is 0. The predicted octanol–water partition coefficient (Wildman–Crippen LogP) is 4.68. The Labute approximate surface area is 203 Å². The molecule has 3 aliphatic rings. The lowest BCUT2D eigenvalue weighted by Crippen LogP contribution is -2.24. The van der Waals surface area contributed by atoms with Crippen LogP contribution in [-0.4, -0.2) is 57.7 Å². The highest BCUT2D eigenvalue weighted by Crippen LogP contribution is 2.43. The maximum atomic E-state index is 13.8. The van der Waals surface area contributed by atoms with Crippen LogP contribution < -0.4 is 10.5 Å². The molecular formula is C27H40F2N2O3. The minimum atomic E-state index is -0.754. The minimum Gasteiger partial charge on any atom is -0.483 e. The van der Waals surface area contributed by atoms with Crippen LogP contribution in [0.2, 0.25) is 0 Å². The molecule has 1 aromatic carbocycles. The van der Waals surface area contributed by atoms with Gasteiger partial charge in [-0.1, -0.05) is 12.3 Å². The second-order valence-electron chi connectivity index (χ2n) is 9.49. The molecule has 0 bridgehead atoms. The average molecular weight is 479 g/mol. The Bertz CT molecular complexity index is 794. The van der Waals surface area contributed by atoms with E-state index in [0.29, 0.717) is 18.4 Å². The molecule has 2 saturated carbocycles. The summed E-state index contributed by atoms with van der Waals surface area (Å²) in [6, 6.07) is 2.09. The number of nitrogens with zero attached hydrogens (tertiary/aromatic N) is 1. The first-order valence-electron chi connectivity index (χ1n) is 12.3. The number of ether oxygens (including phenoxy) is 2. The normalized spacial score (nSPS) is 23.3. The molecule has 0 atom stereocenters. The van der Waals surface area contributed by atoms with Gasteiger partial charge in [-0.15, -0.1) is 6.42 Å². The van der Waals surface area contributed by atoms with Crippen molar-refractivity contribution in [3.05, 3.63) is 29.3 Å². The summed E-state index contributed by atoms with van der Waals surface area (Å²) in [5.41, 5.74) is 5.99. The molecule has 0 aromatic heterocycles. The van der Waals surface area contributed by atoms with Crippen LogP contribution in [0.5, 0.6) is 5.75 Å². The van der Waals surface area contributed by atoms with Crippen molar-refractivity contribution in [2.24, 2.45) is 11.1 Å². The van der Waals surface area contributed by atoms with Crippen LogP contribution in [0.15, 0.2) is 12.1 Å². The lowest BCUT2D eigenvalue weighted by atomic mass is 9.82. The fourth-order valence-corrected chi connectivity index (χ4v) is 4.37. The van der Waals surface area contributed by atoms with Crippen LogP contribution in [-0.2, 0) is 9.53 Å². The molecule has 3 fully saturated rings. The third-order valence-corrected chi connectivity index (χ3v) is 6.91. The Morgan fingerprint density at radius 3 is 2.24 bits per heavy atom. The number of benzene rings is 1. The van der Waals surface area contributed by atoms with Crippen molar-refractivity contribution in [2.45, 2.75) is 69.8 Å². The number of hydrogen-bond donors (Lipinski definition) is 1. The predicted molar refractivity (Wildman–Crippen MR) is 131 cm³/mol. The fourth-order valence-electron chi connectivity index (χ4n) is 4.37. The number of methoxy groups -OCH3 is 1. The summed E-state index contributed by atoms with van der Waals surface area (Å²) in [6.07, 6.45) is 15.8. The molecule has 34 heavy (non-hydrogen) atoms. The van der Waals surface area contributed by atoms with E-state index < -0.39 is 11.6 Å². The fraction of sp³-hybridized carbons (Fsp3) is 0.667. The molecule has 1 saturated heterocycles. The summed E-state index contributed by atoms with van der Waals surface area (Å²) in [6.45, 7) is 3.08. The Balaban J connectivity index is 0.000000235. The molecule has 0 spiro atoms. The smallest absolute Gasteiger partial charge is 0.168 e. The van der Waals surface area contributed by atoms with E-state index in [4.69, 9.17) is 21.6 Å². The van der Waals surface area contributed by atoms with Gasteiger partial charge in [0.2, 0.25) is 0 Å². The molecular weight excluding hydrogens is 438 g/mol. The molecule has 1 aromatic rings. The van der Waals surface area contributed by atoms with Gasteiger partial charge in [-0.2, -0.15) is 0 Å². The van der Waals surface area contributed by atoms with Gasteiger partial charge in [-0.25, -0.2) is 8.78 Å². The SMILES string of the molecule is C#CC1(CN)CC1.CN1CCCCC1.COC1CCC(c2cc(F)cc(F)c2OCC=O)CC1. The highest BCUT2D eigenvalue weighted by atomic mass is 19.1. The van der Waals surface area contributed by atoms with Crippen molar-refractivity contribution in [3.8, 4) is 18.1 Å². The largest absolute Gasteiger partial charge is 0.483 e. The van der Waals surface area contributed by atoms with Gasteiger partial charge in [0.1, 0.15) is 12.4 Å². The maximum absolute atomic E-state index is 13.8. The standard InChI is InChI=1S/C15H18F2O3.C6H13N.C6H9N/c1-19-12-4-2-10(3-5-12)13-8-11(16)9-14(17)15(13)20-7-6-18;1-7-5-3-2-4-6-7;1-2-6(5-7)3-4-6/h6,8-10,12H,2-5,7H2,1H3;2-6H2,1H3;1H,3-5,7H2. The third kappa shape index (κ3) is 8.98. The number of piperidine rings is 1. The van der Waals surface area contributed by atoms with E-state index in [0.717, 1.165) is 44.6 Å². The summed E-state index contributed by atoms with van der Waals surface area (Å²) in [4.78, 5) is 12.8. The van der Waals surface area contributed by atoms with E-state index in [-0.39, 0.29) is 29.8 Å². The zero-order chi connectivity index (χ0) is 25.0. The van der Waals surface area contributed by atoms with Gasteiger partial charge < -0.3 is 20.1 Å². The molecule has 1 aliphatic heterocycles. The van der Waals surface area contributed by atoms with Gasteiger partial charge in [0, 0.05) is 30.7 Å². The van der Waals surface area contributed by atoms with E-state index in [9.17, 15) is 13.6 Å². The molecule has 0 radical (unpaired) electrons. The van der Waals surface area contributed by atoms with Crippen LogP contribution in [0, 0.1) is 29.4 Å². The number of aldehydes is 1. The summed E-state index contributed by atoms with van der Waals surface area (Å²) in [5.74, 6) is 1.34. The number of terminal acetylenes is 1. The van der Waals surface area contributed by atoms with Crippen LogP contribution in [0.25, 0.3) is 0 Å². The summed E-state index contributed by atoms with van der Waals surface area (Å²) in [7, 11) is 3.87. The Morgan fingerprint density at radius 2 is 1.82 bits per heavy atom. The zero-order valence-electron chi connectivity index (χ0n) is 20.7. The first-order valence-corrected chi connectivity index (χ1v) is 12.3. The van der Waals surface area contributed by atoms with Gasteiger partial charge in [0.15, 0.2) is 17.9 Å². The lowest BCUT2D eigenvalue weighted by Gasteiger charge is -2.29. The second-order valence-corrected chi connectivity index (χ2v) is 9.49. The van der Waals surface area contributed by atoms with E-state index in [2.05, 4.69) is 17.9 Å².